The lowest BCUT2D eigenvalue weighted by molar-refractivity contribution is -0.176. The largest absolute Gasteiger partial charge is 0.451 e. The molecule has 0 spiro atoms. The quantitative estimate of drug-likeness (QED) is 0.0754. The molecule has 1 aliphatic rings. The first-order chi connectivity index (χ1) is 40.0. The van der Waals surface area contributed by atoms with Gasteiger partial charge >= 0.3 is 23.9 Å². The number of ether oxygens (including phenoxy) is 4. The molecule has 0 saturated carbocycles. The number of esters is 4. The zero-order valence-electron chi connectivity index (χ0n) is 53.3. The summed E-state index contributed by atoms with van der Waals surface area (Å²) in [6.07, 6.45) is 0.973. The molecule has 3 heterocycles. The van der Waals surface area contributed by atoms with Crippen molar-refractivity contribution in [3.05, 3.63) is 105 Å². The number of amides is 4. The third-order valence-electron chi connectivity index (χ3n) is 15.9. The van der Waals surface area contributed by atoms with Gasteiger partial charge in [0, 0.05) is 53.4 Å². The zero-order chi connectivity index (χ0) is 64.4. The van der Waals surface area contributed by atoms with Gasteiger partial charge in [0.25, 0.3) is 23.6 Å². The molecule has 4 amide bonds. The number of likely N-dealkylation sites (N-methyl/N-ethyl adjacent to an activating group) is 4. The maximum absolute atomic E-state index is 15.1. The summed E-state index contributed by atoms with van der Waals surface area (Å²) in [4.78, 5) is 123. The average Bonchev–Trinajstić information content (AvgIpc) is 2.10. The lowest BCUT2D eigenvalue weighted by Gasteiger charge is -2.35. The summed E-state index contributed by atoms with van der Waals surface area (Å²) >= 11 is 6.95. The van der Waals surface area contributed by atoms with E-state index >= 15 is 9.59 Å². The van der Waals surface area contributed by atoms with Crippen LogP contribution in [0.5, 0.6) is 0 Å². The normalized spacial score (nSPS) is 22.9. The fourth-order valence-corrected chi connectivity index (χ4v) is 11.1. The van der Waals surface area contributed by atoms with Gasteiger partial charge in [-0.25, -0.2) is 19.2 Å². The molecular weight excluding hydrogens is 1230 g/mol. The van der Waals surface area contributed by atoms with Crippen LogP contribution in [0.25, 0.3) is 0 Å². The van der Waals surface area contributed by atoms with Crippen LogP contribution in [-0.2, 0) is 81.2 Å². The van der Waals surface area contributed by atoms with Gasteiger partial charge in [-0.1, -0.05) is 104 Å². The predicted octanol–water partition coefficient (Wildman–Crippen LogP) is 9.15. The minimum absolute atomic E-state index is 0.0721. The monoisotopic (exact) mass is 1320 g/mol. The summed E-state index contributed by atoms with van der Waals surface area (Å²) < 4.78 is 29.6. The molecule has 472 valence electrons. The van der Waals surface area contributed by atoms with Crippen LogP contribution in [-0.4, -0.2) is 163 Å². The highest BCUT2D eigenvalue weighted by atomic mass is 79.9. The van der Waals surface area contributed by atoms with Gasteiger partial charge in [-0.3, -0.25) is 28.5 Å². The number of hydrogen-bond acceptors (Lipinski definition) is 14. The molecule has 1 fully saturated rings. The van der Waals surface area contributed by atoms with Crippen molar-refractivity contribution in [3.63, 3.8) is 0 Å². The molecule has 8 atom stereocenters. The standard InChI is InChI=1S/C64H90Br2N8O12/c1-37(2)27-49-59(79)83-41(9)55(75)69(15)52(30-40(7)8)62(82)86-54(32-44-21-25-46(26-22-44)64(13,14)74-36-48(66)34-68-74)58(78)72(18)50(28-38(3)4)60(80)84-42(10)56(76)70(16)51(29-39(5)6)61(81)85-53(57(77)71(49)17)31-43-19-23-45(24-20-43)63(11,12)73-35-47(65)33-67-73/h19-26,33-42,49-54H,27-32H2,1-18H3/t41-,42-,49+,50+,51+,52+,53-,54-/m1/s1. The fourth-order valence-electron chi connectivity index (χ4n) is 10.5. The van der Waals surface area contributed by atoms with E-state index in [0.717, 1.165) is 39.7 Å². The molecule has 2 aromatic heterocycles. The molecule has 20 nitrogen and oxygen atoms in total. The Balaban J connectivity index is 1.61. The second-order valence-electron chi connectivity index (χ2n) is 25.5. The topological polar surface area (TPSA) is 222 Å². The van der Waals surface area contributed by atoms with Gasteiger partial charge in [0.1, 0.15) is 24.2 Å². The van der Waals surface area contributed by atoms with Crippen molar-refractivity contribution in [2.24, 2.45) is 23.7 Å². The van der Waals surface area contributed by atoms with Crippen LogP contribution in [0.4, 0.5) is 0 Å². The Morgan fingerprint density at radius 2 is 0.686 bits per heavy atom. The molecule has 0 radical (unpaired) electrons. The first-order valence-electron chi connectivity index (χ1n) is 29.5. The van der Waals surface area contributed by atoms with Crippen molar-refractivity contribution in [2.45, 2.75) is 195 Å². The van der Waals surface area contributed by atoms with Crippen molar-refractivity contribution in [1.29, 1.82) is 0 Å². The first kappa shape index (κ1) is 70.3. The fraction of sp³-hybridized carbons (Fsp3) is 0.594. The number of rotatable bonds is 16. The van der Waals surface area contributed by atoms with E-state index < -0.39 is 107 Å². The molecule has 0 N–H and O–H groups in total. The Kier molecular flexibility index (Phi) is 24.5. The number of benzene rings is 2. The van der Waals surface area contributed by atoms with Crippen molar-refractivity contribution in [3.8, 4) is 0 Å². The summed E-state index contributed by atoms with van der Waals surface area (Å²) in [7, 11) is 5.57. The zero-order valence-corrected chi connectivity index (χ0v) is 56.5. The lowest BCUT2D eigenvalue weighted by Crippen LogP contribution is -2.55. The third-order valence-corrected chi connectivity index (χ3v) is 16.7. The molecule has 0 unspecified atom stereocenters. The van der Waals surface area contributed by atoms with Crippen LogP contribution < -0.4 is 0 Å². The van der Waals surface area contributed by atoms with Crippen LogP contribution in [0.1, 0.15) is 145 Å². The van der Waals surface area contributed by atoms with Gasteiger partial charge in [0.2, 0.25) is 0 Å². The van der Waals surface area contributed by atoms with Crippen LogP contribution in [0, 0.1) is 23.7 Å². The molecule has 22 heteroatoms. The van der Waals surface area contributed by atoms with E-state index in [-0.39, 0.29) is 62.2 Å². The Morgan fingerprint density at radius 1 is 0.430 bits per heavy atom. The summed E-state index contributed by atoms with van der Waals surface area (Å²) in [5.74, 6) is -7.54. The molecule has 1 saturated heterocycles. The van der Waals surface area contributed by atoms with Gasteiger partial charge in [0.05, 0.1) is 32.4 Å². The van der Waals surface area contributed by atoms with Gasteiger partial charge in [0.15, 0.2) is 24.4 Å². The number of cyclic esters (lactones) is 4. The van der Waals surface area contributed by atoms with E-state index in [2.05, 4.69) is 42.1 Å². The smallest absolute Gasteiger partial charge is 0.329 e. The minimum Gasteiger partial charge on any atom is -0.451 e. The summed E-state index contributed by atoms with van der Waals surface area (Å²) in [6.45, 7) is 25.5. The van der Waals surface area contributed by atoms with Crippen molar-refractivity contribution in [1.82, 2.24) is 39.2 Å². The molecule has 1 aliphatic heterocycles. The molecule has 0 bridgehead atoms. The molecule has 2 aromatic carbocycles. The third kappa shape index (κ3) is 17.9. The number of hydrogen-bond donors (Lipinski definition) is 0. The SMILES string of the molecule is CC(C)C[C@H]1C(=O)O[C@H](Cc2ccc(C(C)(C)n3cc(Br)cn3)cc2)C(=O)N(C)[C@@H](CC(C)C)C(=O)O[C@H](C)C(=O)N(C)[C@@H](CC(C)C)C(=O)O[C@H](Cc2ccc(C(C)(C)n3cc(Br)cn3)cc2)C(=O)N(C)[C@@H](CC(C)C)C(=O)O[C@H](C)C(=O)N1C. The van der Waals surface area contributed by atoms with E-state index in [0.29, 0.717) is 11.1 Å². The first-order valence-corrected chi connectivity index (χ1v) is 31.1. The molecule has 4 aromatic rings. The van der Waals surface area contributed by atoms with Crippen molar-refractivity contribution >= 4 is 79.4 Å². The van der Waals surface area contributed by atoms with E-state index in [1.807, 2.05) is 153 Å². The van der Waals surface area contributed by atoms with Crippen LogP contribution in [0.2, 0.25) is 0 Å². The number of carbonyl (C=O) groups is 8. The lowest BCUT2D eigenvalue weighted by atomic mass is 9.92. The maximum atomic E-state index is 15.1. The second kappa shape index (κ2) is 30.0. The van der Waals surface area contributed by atoms with Crippen LogP contribution in [0.15, 0.2) is 82.3 Å². The average molecular weight is 1320 g/mol. The van der Waals surface area contributed by atoms with E-state index in [9.17, 15) is 28.8 Å². The number of nitrogens with zero attached hydrogens (tertiary/aromatic N) is 8. The van der Waals surface area contributed by atoms with Gasteiger partial charge in [-0.15, -0.1) is 0 Å². The van der Waals surface area contributed by atoms with Crippen LogP contribution in [0.3, 0.4) is 0 Å². The Labute approximate surface area is 524 Å². The van der Waals surface area contributed by atoms with E-state index in [1.165, 1.54) is 42.0 Å². The summed E-state index contributed by atoms with van der Waals surface area (Å²) in [5, 5.41) is 8.97. The molecule has 0 aliphatic carbocycles. The molecular formula is C64H90Br2N8O12. The van der Waals surface area contributed by atoms with E-state index in [1.54, 1.807) is 12.4 Å². The van der Waals surface area contributed by atoms with Crippen molar-refractivity contribution in [2.75, 3.05) is 28.2 Å². The molecule has 86 heavy (non-hydrogen) atoms. The number of halogens is 2. The Morgan fingerprint density at radius 3 is 0.930 bits per heavy atom. The van der Waals surface area contributed by atoms with Crippen LogP contribution >= 0.6 is 31.9 Å². The van der Waals surface area contributed by atoms with Gasteiger partial charge < -0.3 is 38.5 Å². The summed E-state index contributed by atoms with van der Waals surface area (Å²) in [5.41, 5.74) is 1.78. The second-order valence-corrected chi connectivity index (χ2v) is 27.3. The highest BCUT2D eigenvalue weighted by Crippen LogP contribution is 2.30. The van der Waals surface area contributed by atoms with Gasteiger partial charge in [-0.2, -0.15) is 10.2 Å². The minimum atomic E-state index is -1.56. The maximum Gasteiger partial charge on any atom is 0.329 e. The predicted molar refractivity (Wildman–Crippen MR) is 332 cm³/mol. The summed E-state index contributed by atoms with van der Waals surface area (Å²) in [6, 6.07) is 9.60. The highest BCUT2D eigenvalue weighted by molar-refractivity contribution is 9.10. The number of carbonyl (C=O) groups excluding carboxylic acids is 8. The van der Waals surface area contributed by atoms with Gasteiger partial charge in [-0.05, 0) is 145 Å². The van der Waals surface area contributed by atoms with E-state index in [4.69, 9.17) is 18.9 Å². The van der Waals surface area contributed by atoms with Crippen molar-refractivity contribution < 1.29 is 57.3 Å². The molecule has 5 rings (SSSR count). The Hall–Kier alpha value is -6.42. The number of aromatic nitrogens is 4. The Bertz CT molecular complexity index is 2790. The highest BCUT2D eigenvalue weighted by Gasteiger charge is 2.43.